The lowest BCUT2D eigenvalue weighted by molar-refractivity contribution is -0.0129. The third-order valence-electron chi connectivity index (χ3n) is 2.09. The fraction of sp³-hybridized carbons (Fsp3) is 1.00. The quantitative estimate of drug-likeness (QED) is 0.677. The van der Waals surface area contributed by atoms with E-state index < -0.39 is 8.80 Å². The first-order valence-corrected chi connectivity index (χ1v) is 8.26. The summed E-state index contributed by atoms with van der Waals surface area (Å²) in [6, 6.07) is 0. The van der Waals surface area contributed by atoms with Crippen LogP contribution in [0.2, 0.25) is 5.04 Å². The molecule has 0 amide bonds. The van der Waals surface area contributed by atoms with Gasteiger partial charge in [0.1, 0.15) is 0 Å². The maximum atomic E-state index is 6.12. The predicted molar refractivity (Wildman–Crippen MR) is 74.1 cm³/mol. The molecule has 0 aliphatic carbocycles. The lowest BCUT2D eigenvalue weighted by Crippen LogP contribution is -2.57. The van der Waals surface area contributed by atoms with Crippen LogP contribution in [0.1, 0.15) is 62.3 Å². The Morgan fingerprint density at radius 3 is 1.00 bits per heavy atom. The summed E-state index contributed by atoms with van der Waals surface area (Å²) in [4.78, 5) is 0. The summed E-state index contributed by atoms with van der Waals surface area (Å²) in [7, 11) is -2.69. The Bertz CT molecular complexity index is 193. The van der Waals surface area contributed by atoms with Gasteiger partial charge in [0.25, 0.3) is 0 Å². The zero-order chi connectivity index (χ0) is 13.9. The van der Waals surface area contributed by atoms with Crippen LogP contribution in [0.15, 0.2) is 0 Å². The first kappa shape index (κ1) is 17.1. The van der Waals surface area contributed by atoms with Crippen molar-refractivity contribution in [3.8, 4) is 0 Å². The second kappa shape index (κ2) is 6.32. The van der Waals surface area contributed by atoms with Crippen LogP contribution in [-0.2, 0) is 13.3 Å². The van der Waals surface area contributed by atoms with E-state index in [9.17, 15) is 0 Å². The molecule has 0 aromatic heterocycles. The highest BCUT2D eigenvalue weighted by molar-refractivity contribution is 6.64. The molecule has 0 saturated heterocycles. The molecule has 104 valence electrons. The Morgan fingerprint density at radius 1 is 0.647 bits per heavy atom. The van der Waals surface area contributed by atoms with Gasteiger partial charge in [0.2, 0.25) is 0 Å². The zero-order valence-corrected chi connectivity index (χ0v) is 14.0. The molecule has 0 heterocycles. The van der Waals surface area contributed by atoms with E-state index in [1.54, 1.807) is 0 Å². The molecule has 0 aromatic rings. The third-order valence-corrected chi connectivity index (χ3v) is 6.27. The van der Waals surface area contributed by atoms with Gasteiger partial charge in [-0.2, -0.15) is 0 Å². The molecule has 0 aromatic carbocycles. The molecule has 0 aliphatic rings. The second-order valence-electron chi connectivity index (χ2n) is 6.31. The summed E-state index contributed by atoms with van der Waals surface area (Å²) in [6.45, 7) is 18.6. The molecule has 0 rings (SSSR count). The second-order valence-corrected chi connectivity index (χ2v) is 9.63. The van der Waals surface area contributed by atoms with Crippen molar-refractivity contribution in [2.45, 2.75) is 85.7 Å². The topological polar surface area (TPSA) is 27.7 Å². The van der Waals surface area contributed by atoms with E-state index in [-0.39, 0.29) is 23.4 Å². The van der Waals surface area contributed by atoms with Gasteiger partial charge < -0.3 is 13.3 Å². The minimum Gasteiger partial charge on any atom is -0.371 e. The minimum atomic E-state index is -2.69. The van der Waals surface area contributed by atoms with Gasteiger partial charge in [0, 0.05) is 23.4 Å². The van der Waals surface area contributed by atoms with Crippen molar-refractivity contribution in [2.24, 2.45) is 0 Å². The van der Waals surface area contributed by atoms with Crippen LogP contribution in [0.3, 0.4) is 0 Å². The molecule has 0 radical (unpaired) electrons. The van der Waals surface area contributed by atoms with E-state index >= 15 is 0 Å². The van der Waals surface area contributed by atoms with Gasteiger partial charge in [0.15, 0.2) is 0 Å². The molecular formula is C13H30O3Si. The molecule has 0 spiro atoms. The van der Waals surface area contributed by atoms with Crippen molar-refractivity contribution in [1.82, 2.24) is 0 Å². The van der Waals surface area contributed by atoms with Gasteiger partial charge in [-0.25, -0.2) is 0 Å². The summed E-state index contributed by atoms with van der Waals surface area (Å²) in [5, 5.41) is -0.119. The highest BCUT2D eigenvalue weighted by Gasteiger charge is 2.54. The van der Waals surface area contributed by atoms with Gasteiger partial charge in [-0.1, -0.05) is 20.8 Å². The van der Waals surface area contributed by atoms with Gasteiger partial charge >= 0.3 is 8.80 Å². The lowest BCUT2D eigenvalue weighted by atomic mass is 10.3. The molecule has 17 heavy (non-hydrogen) atoms. The van der Waals surface area contributed by atoms with Crippen LogP contribution < -0.4 is 0 Å². The Hall–Kier alpha value is 0.0969. The first-order valence-electron chi connectivity index (χ1n) is 6.53. The largest absolute Gasteiger partial charge is 0.507 e. The van der Waals surface area contributed by atoms with Crippen molar-refractivity contribution < 1.29 is 13.3 Å². The molecule has 0 saturated carbocycles. The first-order chi connectivity index (χ1) is 7.50. The Morgan fingerprint density at radius 2 is 0.882 bits per heavy atom. The molecule has 0 fully saturated rings. The summed E-state index contributed by atoms with van der Waals surface area (Å²) in [5.41, 5.74) is 0. The maximum absolute atomic E-state index is 6.12. The molecule has 0 aliphatic heterocycles. The van der Waals surface area contributed by atoms with Gasteiger partial charge in [-0.3, -0.25) is 0 Å². The third kappa shape index (κ3) is 5.51. The normalized spacial score (nSPS) is 14.1. The summed E-state index contributed by atoms with van der Waals surface area (Å²) < 4.78 is 18.4. The maximum Gasteiger partial charge on any atom is 0.507 e. The van der Waals surface area contributed by atoms with E-state index in [1.165, 1.54) is 0 Å². The number of hydrogen-bond donors (Lipinski definition) is 0. The van der Waals surface area contributed by atoms with Crippen LogP contribution in [0, 0.1) is 0 Å². The smallest absolute Gasteiger partial charge is 0.371 e. The molecule has 4 heteroatoms. The van der Waals surface area contributed by atoms with E-state index in [0.717, 1.165) is 0 Å². The highest BCUT2D eigenvalue weighted by atomic mass is 28.4. The molecule has 0 unspecified atom stereocenters. The molecule has 0 atom stereocenters. The van der Waals surface area contributed by atoms with Gasteiger partial charge in [-0.15, -0.1) is 0 Å². The summed E-state index contributed by atoms with van der Waals surface area (Å²) >= 11 is 0. The highest BCUT2D eigenvalue weighted by Crippen LogP contribution is 2.40. The Labute approximate surface area is 108 Å². The average Bonchev–Trinajstić information content (AvgIpc) is 1.96. The van der Waals surface area contributed by atoms with Crippen LogP contribution in [0.5, 0.6) is 0 Å². The molecule has 0 bridgehead atoms. The van der Waals surface area contributed by atoms with E-state index in [4.69, 9.17) is 13.3 Å². The molecular weight excluding hydrogens is 232 g/mol. The summed E-state index contributed by atoms with van der Waals surface area (Å²) in [5.74, 6) is 0. The number of rotatable bonds is 6. The van der Waals surface area contributed by atoms with Crippen molar-refractivity contribution in [1.29, 1.82) is 0 Å². The van der Waals surface area contributed by atoms with Gasteiger partial charge in [0.05, 0.1) is 0 Å². The van der Waals surface area contributed by atoms with Crippen LogP contribution in [0.25, 0.3) is 0 Å². The SMILES string of the molecule is CC(C)O[Si](OC(C)C)(OC(C)C)C(C)(C)C. The van der Waals surface area contributed by atoms with Crippen LogP contribution in [0.4, 0.5) is 0 Å². The van der Waals surface area contributed by atoms with Gasteiger partial charge in [-0.05, 0) is 41.5 Å². The Balaban J connectivity index is 5.20. The Kier molecular flexibility index (Phi) is 6.35. The average molecular weight is 262 g/mol. The predicted octanol–water partition coefficient (Wildman–Crippen LogP) is 4.00. The zero-order valence-electron chi connectivity index (χ0n) is 13.0. The molecule has 3 nitrogen and oxygen atoms in total. The lowest BCUT2D eigenvalue weighted by Gasteiger charge is -2.42. The van der Waals surface area contributed by atoms with Crippen LogP contribution >= 0.6 is 0 Å². The van der Waals surface area contributed by atoms with Crippen LogP contribution in [-0.4, -0.2) is 27.1 Å². The number of hydrogen-bond acceptors (Lipinski definition) is 3. The van der Waals surface area contributed by atoms with Crippen molar-refractivity contribution in [2.75, 3.05) is 0 Å². The van der Waals surface area contributed by atoms with Crippen molar-refractivity contribution in [3.05, 3.63) is 0 Å². The van der Waals surface area contributed by atoms with E-state index in [0.29, 0.717) is 0 Å². The fourth-order valence-corrected chi connectivity index (χ4v) is 4.63. The van der Waals surface area contributed by atoms with Crippen molar-refractivity contribution >= 4 is 8.80 Å². The molecule has 0 N–H and O–H groups in total. The van der Waals surface area contributed by atoms with E-state index in [1.807, 2.05) is 41.5 Å². The fourth-order valence-electron chi connectivity index (χ4n) is 1.54. The standard InChI is InChI=1S/C13H30O3Si/c1-10(2)14-17(13(7,8)9,15-11(3)4)16-12(5)6/h10-12H,1-9H3. The van der Waals surface area contributed by atoms with E-state index in [2.05, 4.69) is 20.8 Å². The summed E-state index contributed by atoms with van der Waals surface area (Å²) in [6.07, 6.45) is 0.329. The monoisotopic (exact) mass is 262 g/mol. The van der Waals surface area contributed by atoms with Crippen molar-refractivity contribution in [3.63, 3.8) is 0 Å². The minimum absolute atomic E-state index is 0.110.